The third-order valence-corrected chi connectivity index (χ3v) is 0.569. The largest absolute Gasteiger partial charge is 0.381 e. The van der Waals surface area contributed by atoms with E-state index in [9.17, 15) is 0 Å². The molecule has 0 atom stereocenters. The van der Waals surface area contributed by atoms with Crippen LogP contribution in [0.5, 0.6) is 0 Å². The van der Waals surface area contributed by atoms with Gasteiger partial charge in [0, 0.05) is 14.2 Å². The Balaban J connectivity index is -0.0000000216. The lowest BCUT2D eigenvalue weighted by Gasteiger charge is -1.79. The molecule has 0 aliphatic heterocycles. The van der Waals surface area contributed by atoms with Crippen molar-refractivity contribution in [3.63, 3.8) is 0 Å². The van der Waals surface area contributed by atoms with E-state index in [0.29, 0.717) is 13.2 Å². The van der Waals surface area contributed by atoms with E-state index in [0.717, 1.165) is 5.92 Å². The lowest BCUT2D eigenvalue weighted by Crippen LogP contribution is -1.76. The minimum absolute atomic E-state index is 0. The molecule has 20 heavy (non-hydrogen) atoms. The Hall–Kier alpha value is -0.600. The predicted octanol–water partition coefficient (Wildman–Crippen LogP) is 6.62. The lowest BCUT2D eigenvalue weighted by atomic mass is 10.3. The average Bonchev–Trinajstić information content (AvgIpc) is 2.36. The third kappa shape index (κ3) is 405. The Morgan fingerprint density at radius 2 is 0.900 bits per heavy atom. The van der Waals surface area contributed by atoms with Crippen LogP contribution in [0.2, 0.25) is 0 Å². The highest BCUT2D eigenvalue weighted by atomic mass is 16.5. The fourth-order valence-corrected chi connectivity index (χ4v) is 0.236. The number of hydrogen-bond acceptors (Lipinski definition) is 2. The maximum Gasteiger partial charge on any atom is 0.0641 e. The van der Waals surface area contributed by atoms with Gasteiger partial charge in [-0.2, -0.15) is 0 Å². The molecule has 0 amide bonds. The van der Waals surface area contributed by atoms with Gasteiger partial charge in [-0.25, -0.2) is 0 Å². The SMILES string of the molecule is C.C.C=CCOC.C=CCOC.CC.CC.CC(C)C. The van der Waals surface area contributed by atoms with Crippen molar-refractivity contribution in [2.75, 3.05) is 27.4 Å². The molecule has 2 nitrogen and oxygen atoms in total. The standard InChI is InChI=1S/2C4H8O.C4H10.2C2H6.2CH4/c2*1-3-4-5-2;1-4(2)3;2*1-2;;/h2*3H,1,4H2,2H3;4H,1-3H3;2*1-2H3;2*1H4. The van der Waals surface area contributed by atoms with Gasteiger partial charge in [0.1, 0.15) is 0 Å². The van der Waals surface area contributed by atoms with Crippen molar-refractivity contribution in [2.45, 2.75) is 63.3 Å². The van der Waals surface area contributed by atoms with Gasteiger partial charge >= 0.3 is 0 Å². The van der Waals surface area contributed by atoms with Gasteiger partial charge in [0.2, 0.25) is 0 Å². The van der Waals surface area contributed by atoms with Crippen molar-refractivity contribution in [1.29, 1.82) is 0 Å². The first kappa shape index (κ1) is 42.7. The second-order valence-corrected chi connectivity index (χ2v) is 3.22. The minimum Gasteiger partial charge on any atom is -0.381 e. The number of rotatable bonds is 4. The van der Waals surface area contributed by atoms with Crippen LogP contribution in [0.3, 0.4) is 0 Å². The average molecular weight is 295 g/mol. The zero-order valence-electron chi connectivity index (χ0n) is 14.4. The summed E-state index contributed by atoms with van der Waals surface area (Å²) < 4.78 is 9.15. The molecule has 0 aromatic heterocycles. The van der Waals surface area contributed by atoms with Crippen LogP contribution >= 0.6 is 0 Å². The summed E-state index contributed by atoms with van der Waals surface area (Å²) in [5.41, 5.74) is 0. The second-order valence-electron chi connectivity index (χ2n) is 3.22. The number of hydrogen-bond donors (Lipinski definition) is 0. The molecule has 0 bridgehead atoms. The highest BCUT2D eigenvalue weighted by Gasteiger charge is 1.68. The van der Waals surface area contributed by atoms with Gasteiger partial charge in [-0.05, 0) is 5.92 Å². The molecule has 0 heterocycles. The van der Waals surface area contributed by atoms with Crippen molar-refractivity contribution >= 4 is 0 Å². The first-order valence-electron chi connectivity index (χ1n) is 6.76. The zero-order chi connectivity index (χ0) is 15.8. The molecule has 0 unspecified atom stereocenters. The number of ether oxygens (including phenoxy) is 2. The third-order valence-electron chi connectivity index (χ3n) is 0.569. The molecular weight excluding hydrogens is 248 g/mol. The first-order valence-corrected chi connectivity index (χ1v) is 6.76. The summed E-state index contributed by atoms with van der Waals surface area (Å²) in [4.78, 5) is 0. The van der Waals surface area contributed by atoms with Gasteiger partial charge in [0.15, 0.2) is 0 Å². The summed E-state index contributed by atoms with van der Waals surface area (Å²) in [5.74, 6) is 0.833. The molecule has 0 saturated carbocycles. The van der Waals surface area contributed by atoms with Crippen molar-refractivity contribution in [3.05, 3.63) is 25.3 Å². The van der Waals surface area contributed by atoms with Crippen LogP contribution in [0.4, 0.5) is 0 Å². The molecule has 0 N–H and O–H groups in total. The number of methoxy groups -OCH3 is 2. The summed E-state index contributed by atoms with van der Waals surface area (Å²) in [6.07, 6.45) is 3.42. The maximum absolute atomic E-state index is 4.57. The lowest BCUT2D eigenvalue weighted by molar-refractivity contribution is 0.234. The monoisotopic (exact) mass is 294 g/mol. The van der Waals surface area contributed by atoms with E-state index in [-0.39, 0.29) is 14.9 Å². The van der Waals surface area contributed by atoms with Crippen molar-refractivity contribution < 1.29 is 9.47 Å². The summed E-state index contributed by atoms with van der Waals surface area (Å²) in [7, 11) is 3.28. The molecule has 0 aromatic rings. The molecule has 0 aliphatic carbocycles. The smallest absolute Gasteiger partial charge is 0.0641 e. The van der Waals surface area contributed by atoms with E-state index in [1.165, 1.54) is 0 Å². The molecular formula is C18H46O2. The Morgan fingerprint density at radius 3 is 0.900 bits per heavy atom. The molecule has 2 heteroatoms. The quantitative estimate of drug-likeness (QED) is 0.542. The van der Waals surface area contributed by atoms with Crippen LogP contribution in [0, 0.1) is 5.92 Å². The van der Waals surface area contributed by atoms with Crippen molar-refractivity contribution in [1.82, 2.24) is 0 Å². The van der Waals surface area contributed by atoms with E-state index in [4.69, 9.17) is 0 Å². The van der Waals surface area contributed by atoms with Gasteiger partial charge in [0.25, 0.3) is 0 Å². The summed E-state index contributed by atoms with van der Waals surface area (Å²) in [6, 6.07) is 0. The summed E-state index contributed by atoms with van der Waals surface area (Å²) in [6.45, 7) is 22.7. The van der Waals surface area contributed by atoms with Gasteiger partial charge in [-0.15, -0.1) is 13.2 Å². The van der Waals surface area contributed by atoms with E-state index in [1.807, 2.05) is 27.7 Å². The normalized spacial score (nSPS) is 6.10. The fourth-order valence-electron chi connectivity index (χ4n) is 0.236. The molecule has 0 rings (SSSR count). The molecule has 0 fully saturated rings. The van der Waals surface area contributed by atoms with Crippen LogP contribution < -0.4 is 0 Å². The fraction of sp³-hybridized carbons (Fsp3) is 0.778. The van der Waals surface area contributed by atoms with Gasteiger partial charge in [-0.1, -0.05) is 75.5 Å². The molecule has 0 spiro atoms. The summed E-state index contributed by atoms with van der Waals surface area (Å²) >= 11 is 0. The van der Waals surface area contributed by atoms with Gasteiger partial charge in [-0.3, -0.25) is 0 Å². The Morgan fingerprint density at radius 1 is 0.750 bits per heavy atom. The van der Waals surface area contributed by atoms with E-state index in [2.05, 4.69) is 43.4 Å². The predicted molar refractivity (Wildman–Crippen MR) is 101 cm³/mol. The topological polar surface area (TPSA) is 18.5 Å². The van der Waals surface area contributed by atoms with Gasteiger partial charge < -0.3 is 9.47 Å². The zero-order valence-corrected chi connectivity index (χ0v) is 14.4. The highest BCUT2D eigenvalue weighted by Crippen LogP contribution is 1.81. The highest BCUT2D eigenvalue weighted by molar-refractivity contribution is 4.62. The Bertz CT molecular complexity index is 86.8. The van der Waals surface area contributed by atoms with Crippen LogP contribution in [0.1, 0.15) is 63.3 Å². The van der Waals surface area contributed by atoms with Crippen molar-refractivity contribution in [3.8, 4) is 0 Å². The first-order chi connectivity index (χ1) is 8.56. The Kier molecular flexibility index (Phi) is 169. The maximum atomic E-state index is 4.57. The van der Waals surface area contributed by atoms with Crippen LogP contribution in [0.25, 0.3) is 0 Å². The molecule has 130 valence electrons. The molecule has 0 saturated heterocycles. The second kappa shape index (κ2) is 79.0. The van der Waals surface area contributed by atoms with Crippen LogP contribution in [-0.4, -0.2) is 27.4 Å². The van der Waals surface area contributed by atoms with E-state index in [1.54, 1.807) is 26.4 Å². The van der Waals surface area contributed by atoms with Gasteiger partial charge in [0.05, 0.1) is 13.2 Å². The molecule has 0 aliphatic rings. The van der Waals surface area contributed by atoms with E-state index >= 15 is 0 Å². The molecule has 0 radical (unpaired) electrons. The van der Waals surface area contributed by atoms with E-state index < -0.39 is 0 Å². The van der Waals surface area contributed by atoms with Crippen LogP contribution in [-0.2, 0) is 9.47 Å². The Labute approximate surface area is 132 Å². The molecule has 0 aromatic carbocycles. The minimum atomic E-state index is 0. The van der Waals surface area contributed by atoms with Crippen molar-refractivity contribution in [2.24, 2.45) is 5.92 Å². The summed E-state index contributed by atoms with van der Waals surface area (Å²) in [5, 5.41) is 0. The van der Waals surface area contributed by atoms with Crippen LogP contribution in [0.15, 0.2) is 25.3 Å².